The van der Waals surface area contributed by atoms with Gasteiger partial charge in [0, 0.05) is 6.04 Å². The molecule has 0 bridgehead atoms. The van der Waals surface area contributed by atoms with Crippen molar-refractivity contribution in [2.45, 2.75) is 26.3 Å². The molecule has 0 saturated heterocycles. The van der Waals surface area contributed by atoms with Crippen molar-refractivity contribution >= 4 is 11.6 Å². The predicted molar refractivity (Wildman–Crippen MR) is 82.6 cm³/mol. The normalized spacial score (nSPS) is 12.0. The summed E-state index contributed by atoms with van der Waals surface area (Å²) in [6.07, 6.45) is 0.716. The lowest BCUT2D eigenvalue weighted by atomic mass is 10.0. The van der Waals surface area contributed by atoms with Gasteiger partial charge in [-0.05, 0) is 43.5 Å². The van der Waals surface area contributed by atoms with Crippen LogP contribution in [0.5, 0.6) is 0 Å². The zero-order valence-corrected chi connectivity index (χ0v) is 12.2. The molecule has 2 aromatic rings. The Bertz CT molecular complexity index is 655. The number of nitrogens with one attached hydrogen (secondary N) is 1. The molecular formula is C17H19FN2O. The summed E-state index contributed by atoms with van der Waals surface area (Å²) in [5.41, 5.74) is 8.02. The molecule has 1 unspecified atom stereocenters. The maximum Gasteiger partial charge on any atom is 0.253 e. The highest BCUT2D eigenvalue weighted by atomic mass is 19.1. The van der Waals surface area contributed by atoms with Gasteiger partial charge in [-0.2, -0.15) is 0 Å². The first-order chi connectivity index (χ1) is 9.99. The summed E-state index contributed by atoms with van der Waals surface area (Å²) < 4.78 is 13.4. The summed E-state index contributed by atoms with van der Waals surface area (Å²) in [7, 11) is 0. The highest BCUT2D eigenvalue weighted by molar-refractivity contribution is 5.99. The van der Waals surface area contributed by atoms with Gasteiger partial charge in [0.1, 0.15) is 5.82 Å². The van der Waals surface area contributed by atoms with E-state index in [2.05, 4.69) is 5.32 Å². The second-order valence-corrected chi connectivity index (χ2v) is 5.21. The van der Waals surface area contributed by atoms with Crippen molar-refractivity contribution in [2.75, 3.05) is 5.73 Å². The third-order valence-corrected chi connectivity index (χ3v) is 3.46. The number of carbonyl (C=O) groups excluding carboxylic acids is 1. The minimum Gasteiger partial charge on any atom is -0.396 e. The summed E-state index contributed by atoms with van der Waals surface area (Å²) in [5.74, 6) is -0.928. The van der Waals surface area contributed by atoms with Crippen molar-refractivity contribution in [3.8, 4) is 0 Å². The van der Waals surface area contributed by atoms with E-state index in [1.807, 2.05) is 38.1 Å². The maximum atomic E-state index is 13.4. The van der Waals surface area contributed by atoms with E-state index in [-0.39, 0.29) is 23.2 Å². The lowest BCUT2D eigenvalue weighted by Crippen LogP contribution is -2.34. The van der Waals surface area contributed by atoms with Gasteiger partial charge in [0.25, 0.3) is 5.91 Å². The van der Waals surface area contributed by atoms with Crippen LogP contribution in [0, 0.1) is 12.7 Å². The smallest absolute Gasteiger partial charge is 0.253 e. The van der Waals surface area contributed by atoms with Crippen LogP contribution in [-0.4, -0.2) is 11.9 Å². The first-order valence-corrected chi connectivity index (χ1v) is 6.88. The number of para-hydroxylation sites is 1. The van der Waals surface area contributed by atoms with Gasteiger partial charge in [0.05, 0.1) is 11.3 Å². The Balaban J connectivity index is 2.06. The zero-order valence-electron chi connectivity index (χ0n) is 12.2. The standard InChI is InChI=1S/C17H19FN2O/c1-11-6-3-4-7-13(11)10-12(2)20-17(21)14-8-5-9-15(18)16(14)19/h3-9,12H,10,19H2,1-2H3,(H,20,21). The number of halogens is 1. The van der Waals surface area contributed by atoms with Crippen LogP contribution in [0.1, 0.15) is 28.4 Å². The van der Waals surface area contributed by atoms with Crippen molar-refractivity contribution in [1.82, 2.24) is 5.32 Å². The highest BCUT2D eigenvalue weighted by Crippen LogP contribution is 2.16. The van der Waals surface area contributed by atoms with E-state index in [9.17, 15) is 9.18 Å². The Morgan fingerprint density at radius 1 is 1.24 bits per heavy atom. The van der Waals surface area contributed by atoms with Crippen molar-refractivity contribution in [1.29, 1.82) is 0 Å². The molecule has 0 aliphatic carbocycles. The van der Waals surface area contributed by atoms with Crippen LogP contribution in [0.3, 0.4) is 0 Å². The van der Waals surface area contributed by atoms with Gasteiger partial charge >= 0.3 is 0 Å². The lowest BCUT2D eigenvalue weighted by Gasteiger charge is -2.16. The number of anilines is 1. The van der Waals surface area contributed by atoms with Gasteiger partial charge in [0.15, 0.2) is 0 Å². The Labute approximate surface area is 124 Å². The summed E-state index contributed by atoms with van der Waals surface area (Å²) in [6.45, 7) is 3.95. The molecule has 2 rings (SSSR count). The number of nitrogens with two attached hydrogens (primary N) is 1. The van der Waals surface area contributed by atoms with Gasteiger partial charge in [-0.1, -0.05) is 30.3 Å². The average Bonchev–Trinajstić information content (AvgIpc) is 2.44. The summed E-state index contributed by atoms with van der Waals surface area (Å²) in [4.78, 5) is 12.1. The molecule has 110 valence electrons. The molecule has 0 aliphatic heterocycles. The van der Waals surface area contributed by atoms with Crippen molar-refractivity contribution in [3.05, 3.63) is 65.0 Å². The average molecular weight is 286 g/mol. The minimum absolute atomic E-state index is 0.0683. The van der Waals surface area contributed by atoms with Crippen molar-refractivity contribution in [3.63, 3.8) is 0 Å². The monoisotopic (exact) mass is 286 g/mol. The molecule has 2 aromatic carbocycles. The summed E-state index contributed by atoms with van der Waals surface area (Å²) >= 11 is 0. The first-order valence-electron chi connectivity index (χ1n) is 6.88. The Morgan fingerprint density at radius 2 is 1.95 bits per heavy atom. The van der Waals surface area contributed by atoms with Gasteiger partial charge in [-0.15, -0.1) is 0 Å². The summed E-state index contributed by atoms with van der Waals surface area (Å²) in [5, 5.41) is 2.85. The number of amides is 1. The van der Waals surface area contributed by atoms with E-state index in [1.54, 1.807) is 0 Å². The van der Waals surface area contributed by atoms with Gasteiger partial charge < -0.3 is 11.1 Å². The van der Waals surface area contributed by atoms with E-state index in [1.165, 1.54) is 29.3 Å². The van der Waals surface area contributed by atoms with Crippen LogP contribution in [0.15, 0.2) is 42.5 Å². The number of hydrogen-bond donors (Lipinski definition) is 2. The van der Waals surface area contributed by atoms with Gasteiger partial charge in [-0.3, -0.25) is 4.79 Å². The minimum atomic E-state index is -0.575. The maximum absolute atomic E-state index is 13.4. The second-order valence-electron chi connectivity index (χ2n) is 5.21. The molecule has 0 heterocycles. The zero-order chi connectivity index (χ0) is 15.4. The largest absolute Gasteiger partial charge is 0.396 e. The van der Waals surface area contributed by atoms with Gasteiger partial charge in [-0.25, -0.2) is 4.39 Å². The fourth-order valence-electron chi connectivity index (χ4n) is 2.26. The van der Waals surface area contributed by atoms with Gasteiger partial charge in [0.2, 0.25) is 0 Å². The molecule has 1 atom stereocenters. The quantitative estimate of drug-likeness (QED) is 0.849. The second kappa shape index (κ2) is 6.39. The molecule has 0 aromatic heterocycles. The molecule has 1 amide bonds. The van der Waals surface area contributed by atoms with Crippen LogP contribution in [0.25, 0.3) is 0 Å². The molecule has 3 N–H and O–H groups in total. The molecule has 0 radical (unpaired) electrons. The Hall–Kier alpha value is -2.36. The molecule has 0 aliphatic rings. The topological polar surface area (TPSA) is 55.1 Å². The van der Waals surface area contributed by atoms with Crippen LogP contribution >= 0.6 is 0 Å². The van der Waals surface area contributed by atoms with Crippen LogP contribution in [-0.2, 0) is 6.42 Å². The van der Waals surface area contributed by atoms with E-state index in [0.717, 1.165) is 0 Å². The molecule has 4 heteroatoms. The van der Waals surface area contributed by atoms with E-state index in [0.29, 0.717) is 6.42 Å². The van der Waals surface area contributed by atoms with E-state index >= 15 is 0 Å². The Morgan fingerprint density at radius 3 is 2.67 bits per heavy atom. The van der Waals surface area contributed by atoms with Crippen LogP contribution in [0.4, 0.5) is 10.1 Å². The molecule has 21 heavy (non-hydrogen) atoms. The van der Waals surface area contributed by atoms with Crippen LogP contribution < -0.4 is 11.1 Å². The third kappa shape index (κ3) is 3.60. The summed E-state index contributed by atoms with van der Waals surface area (Å²) in [6, 6.07) is 12.2. The fraction of sp³-hybridized carbons (Fsp3) is 0.235. The van der Waals surface area contributed by atoms with E-state index in [4.69, 9.17) is 5.73 Å². The number of rotatable bonds is 4. The molecule has 0 saturated carbocycles. The SMILES string of the molecule is Cc1ccccc1CC(C)NC(=O)c1cccc(F)c1N. The molecule has 3 nitrogen and oxygen atoms in total. The fourth-order valence-corrected chi connectivity index (χ4v) is 2.26. The third-order valence-electron chi connectivity index (χ3n) is 3.46. The number of hydrogen-bond acceptors (Lipinski definition) is 2. The molecular weight excluding hydrogens is 267 g/mol. The van der Waals surface area contributed by atoms with Crippen LogP contribution in [0.2, 0.25) is 0 Å². The Kier molecular flexibility index (Phi) is 4.58. The lowest BCUT2D eigenvalue weighted by molar-refractivity contribution is 0.0940. The first kappa shape index (κ1) is 15.0. The number of carbonyl (C=O) groups is 1. The predicted octanol–water partition coefficient (Wildman–Crippen LogP) is 3.08. The van der Waals surface area contributed by atoms with Crippen molar-refractivity contribution in [2.24, 2.45) is 0 Å². The van der Waals surface area contributed by atoms with E-state index < -0.39 is 5.82 Å². The van der Waals surface area contributed by atoms with Crippen molar-refractivity contribution < 1.29 is 9.18 Å². The number of nitrogen functional groups attached to an aromatic ring is 1. The number of benzene rings is 2. The molecule has 0 spiro atoms. The molecule has 0 fully saturated rings. The number of aryl methyl sites for hydroxylation is 1. The highest BCUT2D eigenvalue weighted by Gasteiger charge is 2.15.